The number of esters is 3. The van der Waals surface area contributed by atoms with E-state index < -0.39 is 23.3 Å². The Balaban J connectivity index is 2.47. The molecule has 1 aromatic rings. The summed E-state index contributed by atoms with van der Waals surface area (Å²) in [5.41, 5.74) is 0.228. The molecule has 0 N–H and O–H groups in total. The summed E-state index contributed by atoms with van der Waals surface area (Å²) in [5, 5.41) is 0. The molecule has 1 aliphatic rings. The fraction of sp³-hybridized carbons (Fsp3) is 0.312. The minimum absolute atomic E-state index is 0.277. The number of hydrogen-bond donors (Lipinski definition) is 0. The highest BCUT2D eigenvalue weighted by Gasteiger charge is 2.61. The molecule has 0 radical (unpaired) electrons. The first-order valence-corrected chi connectivity index (χ1v) is 6.56. The average molecular weight is 304 g/mol. The van der Waals surface area contributed by atoms with Crippen LogP contribution in [-0.2, 0) is 23.9 Å². The lowest BCUT2D eigenvalue weighted by molar-refractivity contribution is -0.158. The van der Waals surface area contributed by atoms with E-state index in [4.69, 9.17) is 14.2 Å². The second-order valence-corrected chi connectivity index (χ2v) is 4.94. The maximum absolute atomic E-state index is 12.0. The van der Waals surface area contributed by atoms with Crippen molar-refractivity contribution in [2.24, 2.45) is 5.41 Å². The summed E-state index contributed by atoms with van der Waals surface area (Å²) in [5.74, 6) is -1.68. The van der Waals surface area contributed by atoms with Crippen molar-refractivity contribution < 1.29 is 28.6 Å². The van der Waals surface area contributed by atoms with Crippen molar-refractivity contribution in [3.8, 4) is 5.75 Å². The highest BCUT2D eigenvalue weighted by molar-refractivity contribution is 6.23. The van der Waals surface area contributed by atoms with Crippen LogP contribution in [-0.4, -0.2) is 32.1 Å². The van der Waals surface area contributed by atoms with E-state index in [9.17, 15) is 14.4 Å². The van der Waals surface area contributed by atoms with Crippen LogP contribution in [0.4, 0.5) is 0 Å². The van der Waals surface area contributed by atoms with Crippen LogP contribution in [0.25, 0.3) is 5.57 Å². The standard InChI is InChI=1S/C16H16O6/c1-9-5-6-13(22-10(2)17)11(7-9)12-8-16(12,14(18)20-3)15(19)21-4/h5-8H,1-4H3. The quantitative estimate of drug-likeness (QED) is 0.478. The van der Waals surface area contributed by atoms with Crippen molar-refractivity contribution in [3.05, 3.63) is 35.4 Å². The summed E-state index contributed by atoms with van der Waals surface area (Å²) >= 11 is 0. The molecule has 1 aliphatic carbocycles. The Morgan fingerprint density at radius 3 is 2.14 bits per heavy atom. The van der Waals surface area contributed by atoms with Gasteiger partial charge < -0.3 is 14.2 Å². The number of ether oxygens (including phenoxy) is 3. The van der Waals surface area contributed by atoms with Crippen molar-refractivity contribution in [2.45, 2.75) is 13.8 Å². The van der Waals surface area contributed by atoms with Crippen molar-refractivity contribution >= 4 is 23.5 Å². The zero-order valence-corrected chi connectivity index (χ0v) is 12.8. The summed E-state index contributed by atoms with van der Waals surface area (Å²) in [6, 6.07) is 5.12. The minimum Gasteiger partial charge on any atom is -0.468 e. The predicted octanol–water partition coefficient (Wildman–Crippen LogP) is 1.65. The normalized spacial score (nSPS) is 14.6. The van der Waals surface area contributed by atoms with Gasteiger partial charge in [-0.3, -0.25) is 14.4 Å². The first kappa shape index (κ1) is 15.8. The Morgan fingerprint density at radius 1 is 1.05 bits per heavy atom. The molecule has 2 rings (SSSR count). The SMILES string of the molecule is COC(=O)C1(C(=O)OC)C=C1c1cc(C)ccc1OC(C)=O. The van der Waals surface area contributed by atoms with Crippen molar-refractivity contribution in [1.29, 1.82) is 0 Å². The monoisotopic (exact) mass is 304 g/mol. The van der Waals surface area contributed by atoms with Crippen molar-refractivity contribution in [2.75, 3.05) is 14.2 Å². The largest absolute Gasteiger partial charge is 0.468 e. The molecule has 0 spiro atoms. The lowest BCUT2D eigenvalue weighted by Crippen LogP contribution is -2.31. The van der Waals surface area contributed by atoms with Crippen LogP contribution in [0, 0.1) is 12.3 Å². The second kappa shape index (κ2) is 5.63. The van der Waals surface area contributed by atoms with Gasteiger partial charge in [0, 0.05) is 12.5 Å². The zero-order valence-electron chi connectivity index (χ0n) is 12.8. The molecule has 0 saturated carbocycles. The van der Waals surface area contributed by atoms with E-state index in [1.165, 1.54) is 27.2 Å². The van der Waals surface area contributed by atoms with Crippen LogP contribution >= 0.6 is 0 Å². The van der Waals surface area contributed by atoms with Gasteiger partial charge in [-0.1, -0.05) is 11.6 Å². The van der Waals surface area contributed by atoms with Gasteiger partial charge in [0.05, 0.1) is 14.2 Å². The Kier molecular flexibility index (Phi) is 4.03. The third-order valence-corrected chi connectivity index (χ3v) is 3.40. The van der Waals surface area contributed by atoms with Gasteiger partial charge in [-0.15, -0.1) is 0 Å². The molecule has 1 aromatic carbocycles. The van der Waals surface area contributed by atoms with Gasteiger partial charge in [0.1, 0.15) is 5.75 Å². The van der Waals surface area contributed by atoms with Crippen LogP contribution in [0.2, 0.25) is 0 Å². The average Bonchev–Trinajstić information content (AvgIpc) is 3.23. The van der Waals surface area contributed by atoms with Crippen LogP contribution in [0.5, 0.6) is 5.75 Å². The smallest absolute Gasteiger partial charge is 0.331 e. The lowest BCUT2D eigenvalue weighted by atomic mass is 9.95. The number of rotatable bonds is 4. The molecule has 6 nitrogen and oxygen atoms in total. The first-order chi connectivity index (χ1) is 10.4. The van der Waals surface area contributed by atoms with Gasteiger partial charge in [-0.05, 0) is 30.7 Å². The summed E-state index contributed by atoms with van der Waals surface area (Å²) in [4.78, 5) is 35.2. The first-order valence-electron chi connectivity index (χ1n) is 6.56. The number of aryl methyl sites for hydroxylation is 1. The van der Waals surface area contributed by atoms with Gasteiger partial charge in [-0.2, -0.15) is 0 Å². The third kappa shape index (κ3) is 2.47. The topological polar surface area (TPSA) is 78.9 Å². The maximum atomic E-state index is 12.0. The fourth-order valence-electron chi connectivity index (χ4n) is 2.31. The number of benzene rings is 1. The molecule has 6 heteroatoms. The minimum atomic E-state index is -1.56. The van der Waals surface area contributed by atoms with Crippen LogP contribution < -0.4 is 4.74 Å². The van der Waals surface area contributed by atoms with E-state index in [1.807, 2.05) is 6.92 Å². The van der Waals surface area contributed by atoms with E-state index in [2.05, 4.69) is 0 Å². The van der Waals surface area contributed by atoms with Crippen molar-refractivity contribution in [1.82, 2.24) is 0 Å². The van der Waals surface area contributed by atoms with Crippen LogP contribution in [0.1, 0.15) is 18.1 Å². The summed E-state index contributed by atoms with van der Waals surface area (Å²) in [6.07, 6.45) is 1.45. The summed E-state index contributed by atoms with van der Waals surface area (Å²) in [6.45, 7) is 3.13. The van der Waals surface area contributed by atoms with Gasteiger partial charge in [-0.25, -0.2) is 0 Å². The molecule has 0 atom stereocenters. The highest BCUT2D eigenvalue weighted by atomic mass is 16.5. The molecule has 0 aliphatic heterocycles. The number of methoxy groups -OCH3 is 2. The predicted molar refractivity (Wildman–Crippen MR) is 76.9 cm³/mol. The van der Waals surface area contributed by atoms with Crippen LogP contribution in [0.3, 0.4) is 0 Å². The van der Waals surface area contributed by atoms with E-state index in [1.54, 1.807) is 18.2 Å². The van der Waals surface area contributed by atoms with Gasteiger partial charge in [0.15, 0.2) is 0 Å². The number of hydrogen-bond acceptors (Lipinski definition) is 6. The van der Waals surface area contributed by atoms with Crippen molar-refractivity contribution in [3.63, 3.8) is 0 Å². The fourth-order valence-corrected chi connectivity index (χ4v) is 2.31. The molecule has 22 heavy (non-hydrogen) atoms. The van der Waals surface area contributed by atoms with E-state index in [0.717, 1.165) is 5.56 Å². The summed E-state index contributed by atoms with van der Waals surface area (Å²) in [7, 11) is 2.39. The molecular formula is C16H16O6. The van der Waals surface area contributed by atoms with E-state index >= 15 is 0 Å². The summed E-state index contributed by atoms with van der Waals surface area (Å²) < 4.78 is 14.5. The molecule has 0 aromatic heterocycles. The molecule has 0 fully saturated rings. The Labute approximate surface area is 127 Å². The molecular weight excluding hydrogens is 288 g/mol. The maximum Gasteiger partial charge on any atom is 0.331 e. The molecule has 0 heterocycles. The molecule has 0 unspecified atom stereocenters. The Bertz CT molecular complexity index is 670. The Hall–Kier alpha value is -2.63. The zero-order chi connectivity index (χ0) is 16.5. The van der Waals surface area contributed by atoms with Gasteiger partial charge >= 0.3 is 17.9 Å². The Morgan fingerprint density at radius 2 is 1.64 bits per heavy atom. The number of carbonyl (C=O) groups excluding carboxylic acids is 3. The highest BCUT2D eigenvalue weighted by Crippen LogP contribution is 2.54. The van der Waals surface area contributed by atoms with Crippen LogP contribution in [0.15, 0.2) is 24.3 Å². The van der Waals surface area contributed by atoms with E-state index in [0.29, 0.717) is 11.1 Å². The molecule has 0 saturated heterocycles. The van der Waals surface area contributed by atoms with Gasteiger partial charge in [0.2, 0.25) is 5.41 Å². The lowest BCUT2D eigenvalue weighted by Gasteiger charge is -2.15. The number of carbonyl (C=O) groups is 3. The third-order valence-electron chi connectivity index (χ3n) is 3.40. The van der Waals surface area contributed by atoms with E-state index in [-0.39, 0.29) is 5.75 Å². The second-order valence-electron chi connectivity index (χ2n) is 4.94. The van der Waals surface area contributed by atoms with Gasteiger partial charge in [0.25, 0.3) is 0 Å². The molecule has 116 valence electrons. The molecule has 0 bridgehead atoms. The molecule has 0 amide bonds.